The molecule has 154 valence electrons. The summed E-state index contributed by atoms with van der Waals surface area (Å²) in [4.78, 5) is 36.4. The first-order chi connectivity index (χ1) is 13.9. The van der Waals surface area contributed by atoms with E-state index in [-0.39, 0.29) is 5.56 Å². The number of aryl methyl sites for hydroxylation is 1. The molecule has 1 N–H and O–H groups in total. The maximum Gasteiger partial charge on any atom is 0.329 e. The summed E-state index contributed by atoms with van der Waals surface area (Å²) >= 11 is 0. The molecule has 2 aromatic heterocycles. The molecule has 8 heteroatoms. The molecule has 0 saturated carbocycles. The summed E-state index contributed by atoms with van der Waals surface area (Å²) in [5.41, 5.74) is 1.43. The molecular formula is C21H28N6O2. The first kappa shape index (κ1) is 19.4. The van der Waals surface area contributed by atoms with Gasteiger partial charge >= 0.3 is 5.69 Å². The van der Waals surface area contributed by atoms with Gasteiger partial charge in [0.15, 0.2) is 11.2 Å². The molecule has 1 fully saturated rings. The van der Waals surface area contributed by atoms with Crippen LogP contribution in [0.2, 0.25) is 0 Å². The normalized spacial score (nSPS) is 15.5. The minimum atomic E-state index is -0.434. The van der Waals surface area contributed by atoms with E-state index in [1.54, 1.807) is 7.05 Å². The van der Waals surface area contributed by atoms with Crippen molar-refractivity contribution in [3.05, 3.63) is 56.7 Å². The number of nitrogens with zero attached hydrogens (tertiary/aromatic N) is 5. The minimum Gasteiger partial charge on any atom is -0.340 e. The van der Waals surface area contributed by atoms with Crippen LogP contribution in [-0.4, -0.2) is 50.2 Å². The number of H-pyrrole nitrogens is 1. The molecule has 1 aliphatic heterocycles. The topological polar surface area (TPSA) is 79.2 Å². The van der Waals surface area contributed by atoms with Gasteiger partial charge in [-0.1, -0.05) is 44.2 Å². The highest BCUT2D eigenvalue weighted by Gasteiger charge is 2.25. The second kappa shape index (κ2) is 7.87. The number of imidazole rings is 1. The van der Waals surface area contributed by atoms with E-state index in [4.69, 9.17) is 4.98 Å². The fraction of sp³-hybridized carbons (Fsp3) is 0.476. The number of hydrogen-bond donors (Lipinski definition) is 1. The van der Waals surface area contributed by atoms with Gasteiger partial charge in [-0.15, -0.1) is 0 Å². The monoisotopic (exact) mass is 396 g/mol. The summed E-state index contributed by atoms with van der Waals surface area (Å²) < 4.78 is 3.40. The molecule has 0 unspecified atom stereocenters. The van der Waals surface area contributed by atoms with Crippen LogP contribution in [0.5, 0.6) is 0 Å². The van der Waals surface area contributed by atoms with E-state index in [9.17, 15) is 9.59 Å². The van der Waals surface area contributed by atoms with Crippen LogP contribution >= 0.6 is 0 Å². The fourth-order valence-electron chi connectivity index (χ4n) is 3.95. The SMILES string of the molecule is CC(C)Cn1c(N2CCN(Cc3ccccc3)CC2)nc2c1c(=O)[nH]c(=O)n2C. The Morgan fingerprint density at radius 3 is 2.41 bits per heavy atom. The number of aromatic amines is 1. The van der Waals surface area contributed by atoms with Crippen molar-refractivity contribution < 1.29 is 0 Å². The predicted molar refractivity (Wildman–Crippen MR) is 114 cm³/mol. The second-order valence-electron chi connectivity index (χ2n) is 8.16. The van der Waals surface area contributed by atoms with Crippen molar-refractivity contribution in [1.82, 2.24) is 24.0 Å². The van der Waals surface area contributed by atoms with Gasteiger partial charge in [-0.3, -0.25) is 19.2 Å². The molecule has 8 nitrogen and oxygen atoms in total. The van der Waals surface area contributed by atoms with Crippen LogP contribution in [0, 0.1) is 5.92 Å². The summed E-state index contributed by atoms with van der Waals surface area (Å²) in [6.07, 6.45) is 0. The molecular weight excluding hydrogens is 368 g/mol. The van der Waals surface area contributed by atoms with E-state index in [1.165, 1.54) is 10.1 Å². The van der Waals surface area contributed by atoms with E-state index in [2.05, 4.69) is 52.9 Å². The third-order valence-corrected chi connectivity index (χ3v) is 5.44. The lowest BCUT2D eigenvalue weighted by Crippen LogP contribution is -2.47. The number of nitrogens with one attached hydrogen (secondary N) is 1. The van der Waals surface area contributed by atoms with Crippen molar-refractivity contribution in [3.8, 4) is 0 Å². The number of hydrogen-bond acceptors (Lipinski definition) is 5. The number of aromatic nitrogens is 4. The molecule has 0 amide bonds. The number of anilines is 1. The quantitative estimate of drug-likeness (QED) is 0.705. The van der Waals surface area contributed by atoms with Crippen LogP contribution in [0.15, 0.2) is 39.9 Å². The number of piperazine rings is 1. The average molecular weight is 396 g/mol. The molecule has 4 rings (SSSR count). The van der Waals surface area contributed by atoms with Crippen LogP contribution in [0.25, 0.3) is 11.2 Å². The number of benzene rings is 1. The molecule has 0 atom stereocenters. The van der Waals surface area contributed by atoms with Crippen molar-refractivity contribution in [2.75, 3.05) is 31.1 Å². The van der Waals surface area contributed by atoms with E-state index >= 15 is 0 Å². The number of rotatable bonds is 5. The minimum absolute atomic E-state index is 0.349. The zero-order chi connectivity index (χ0) is 20.5. The average Bonchev–Trinajstić information content (AvgIpc) is 3.07. The summed E-state index contributed by atoms with van der Waals surface area (Å²) in [5.74, 6) is 1.13. The Bertz CT molecular complexity index is 1100. The highest BCUT2D eigenvalue weighted by atomic mass is 16.2. The third-order valence-electron chi connectivity index (χ3n) is 5.44. The van der Waals surface area contributed by atoms with Crippen molar-refractivity contribution in [2.24, 2.45) is 13.0 Å². The molecule has 1 aliphatic rings. The first-order valence-corrected chi connectivity index (χ1v) is 10.1. The van der Waals surface area contributed by atoms with Gasteiger partial charge in [0, 0.05) is 46.3 Å². The van der Waals surface area contributed by atoms with Gasteiger partial charge in [0.05, 0.1) is 0 Å². The predicted octanol–water partition coefficient (Wildman–Crippen LogP) is 1.40. The Morgan fingerprint density at radius 1 is 1.07 bits per heavy atom. The Hall–Kier alpha value is -2.87. The maximum atomic E-state index is 12.5. The molecule has 0 spiro atoms. The van der Waals surface area contributed by atoms with Crippen molar-refractivity contribution in [3.63, 3.8) is 0 Å². The summed E-state index contributed by atoms with van der Waals surface area (Å²) in [5, 5.41) is 0. The Balaban J connectivity index is 1.62. The van der Waals surface area contributed by atoms with Gasteiger partial charge in [0.2, 0.25) is 5.95 Å². The van der Waals surface area contributed by atoms with Crippen molar-refractivity contribution in [2.45, 2.75) is 26.9 Å². The second-order valence-corrected chi connectivity index (χ2v) is 8.16. The largest absolute Gasteiger partial charge is 0.340 e. The third kappa shape index (κ3) is 3.85. The maximum absolute atomic E-state index is 12.5. The zero-order valence-electron chi connectivity index (χ0n) is 17.3. The van der Waals surface area contributed by atoms with Gasteiger partial charge in [-0.25, -0.2) is 4.79 Å². The molecule has 0 bridgehead atoms. The summed E-state index contributed by atoms with van der Waals surface area (Å²) in [6, 6.07) is 10.5. The standard InChI is InChI=1S/C21H28N6O2/c1-15(2)13-27-17-18(24(3)21(29)23-19(17)28)22-20(27)26-11-9-25(10-12-26)14-16-7-5-4-6-8-16/h4-8,15H,9-14H2,1-3H3,(H,23,28,29). The van der Waals surface area contributed by atoms with E-state index < -0.39 is 5.69 Å². The van der Waals surface area contributed by atoms with E-state index in [0.717, 1.165) is 38.7 Å². The van der Waals surface area contributed by atoms with Crippen molar-refractivity contribution >= 4 is 17.1 Å². The summed E-state index contributed by atoms with van der Waals surface area (Å²) in [6.45, 7) is 9.36. The fourth-order valence-corrected chi connectivity index (χ4v) is 3.95. The van der Waals surface area contributed by atoms with Crippen LogP contribution < -0.4 is 16.1 Å². The summed E-state index contributed by atoms with van der Waals surface area (Å²) in [7, 11) is 1.65. The highest BCUT2D eigenvalue weighted by Crippen LogP contribution is 2.22. The number of fused-ring (bicyclic) bond motifs is 1. The van der Waals surface area contributed by atoms with Gasteiger partial charge < -0.3 is 9.47 Å². The van der Waals surface area contributed by atoms with Gasteiger partial charge in [0.1, 0.15) is 0 Å². The molecule has 1 saturated heterocycles. The Labute approximate surface area is 169 Å². The highest BCUT2D eigenvalue weighted by molar-refractivity contribution is 5.74. The smallest absolute Gasteiger partial charge is 0.329 e. The molecule has 3 heterocycles. The lowest BCUT2D eigenvalue weighted by molar-refractivity contribution is 0.248. The van der Waals surface area contributed by atoms with Crippen molar-refractivity contribution in [1.29, 1.82) is 0 Å². The zero-order valence-corrected chi connectivity index (χ0v) is 17.3. The lowest BCUT2D eigenvalue weighted by atomic mass is 10.2. The molecule has 3 aromatic rings. The van der Waals surface area contributed by atoms with Gasteiger partial charge in [-0.05, 0) is 11.5 Å². The molecule has 0 radical (unpaired) electrons. The Morgan fingerprint density at radius 2 is 1.76 bits per heavy atom. The first-order valence-electron chi connectivity index (χ1n) is 10.1. The van der Waals surface area contributed by atoms with Crippen LogP contribution in [-0.2, 0) is 20.1 Å². The molecule has 0 aliphatic carbocycles. The van der Waals surface area contributed by atoms with E-state index in [1.807, 2.05) is 10.6 Å². The molecule has 29 heavy (non-hydrogen) atoms. The van der Waals surface area contributed by atoms with Crippen LogP contribution in [0.1, 0.15) is 19.4 Å². The van der Waals surface area contributed by atoms with Gasteiger partial charge in [0.25, 0.3) is 5.56 Å². The van der Waals surface area contributed by atoms with E-state index in [0.29, 0.717) is 23.6 Å². The Kier molecular flexibility index (Phi) is 5.27. The van der Waals surface area contributed by atoms with Crippen LogP contribution in [0.4, 0.5) is 5.95 Å². The molecule has 1 aromatic carbocycles. The van der Waals surface area contributed by atoms with Gasteiger partial charge in [-0.2, -0.15) is 4.98 Å². The van der Waals surface area contributed by atoms with Crippen LogP contribution in [0.3, 0.4) is 0 Å². The lowest BCUT2D eigenvalue weighted by Gasteiger charge is -2.35.